The summed E-state index contributed by atoms with van der Waals surface area (Å²) in [5.41, 5.74) is 12.8. The maximum Gasteiger partial charge on any atom is 0.128 e. The van der Waals surface area contributed by atoms with Crippen LogP contribution < -0.4 is 10.1 Å². The van der Waals surface area contributed by atoms with Gasteiger partial charge in [-0.1, -0.05) is 24.3 Å². The van der Waals surface area contributed by atoms with Crippen LogP contribution >= 0.6 is 0 Å². The van der Waals surface area contributed by atoms with Gasteiger partial charge in [-0.25, -0.2) is 4.39 Å². The molecule has 2 aliphatic heterocycles. The lowest BCUT2D eigenvalue weighted by atomic mass is 9.90. The van der Waals surface area contributed by atoms with Gasteiger partial charge in [0.05, 0.1) is 6.61 Å². The molecule has 218 valence electrons. The number of hydrogen-bond donors (Lipinski definition) is 1. The number of hydrogen-bond acceptors (Lipinski definition) is 6. The third-order valence-corrected chi connectivity index (χ3v) is 8.36. The second-order valence-electron chi connectivity index (χ2n) is 11.3. The van der Waals surface area contributed by atoms with E-state index in [2.05, 4.69) is 72.3 Å². The molecule has 0 spiro atoms. The Labute approximate surface area is 243 Å². The van der Waals surface area contributed by atoms with Crippen LogP contribution in [-0.4, -0.2) is 38.0 Å². The Morgan fingerprint density at radius 3 is 2.51 bits per heavy atom. The summed E-state index contributed by atoms with van der Waals surface area (Å²) in [6, 6.07) is 16.1. The van der Waals surface area contributed by atoms with Gasteiger partial charge in [-0.2, -0.15) is 0 Å². The van der Waals surface area contributed by atoms with Crippen LogP contribution in [0.25, 0.3) is 16.6 Å². The van der Waals surface area contributed by atoms with Crippen LogP contribution in [0.3, 0.4) is 0 Å². The largest absolute Gasteiger partial charge is 0.494 e. The van der Waals surface area contributed by atoms with Crippen molar-refractivity contribution in [3.8, 4) is 16.9 Å². The molecule has 0 aromatic heterocycles. The predicted octanol–water partition coefficient (Wildman–Crippen LogP) is 8.09. The summed E-state index contributed by atoms with van der Waals surface area (Å²) >= 11 is 0. The quantitative estimate of drug-likeness (QED) is 0.258. The van der Waals surface area contributed by atoms with Gasteiger partial charge < -0.3 is 25.2 Å². The standard InChI is InChI=1S/C33H41FN5O2/c1-22-18-29(41-17-14-25-12-15-40-16-13-25)19-23(2)33(22)30-7-5-6-27(24(30)3)21-35-28-10-8-26(31(34)20-28)9-11-32-36-37-38-39(32)4/h5-8,10,18-20,25,32,35H,9,11-17,21H2,1-4H3/q-1. The van der Waals surface area contributed by atoms with E-state index < -0.39 is 0 Å². The van der Waals surface area contributed by atoms with Crippen LogP contribution in [0.2, 0.25) is 0 Å². The Bertz CT molecular complexity index is 1350. The summed E-state index contributed by atoms with van der Waals surface area (Å²) in [6.45, 7) is 9.58. The highest BCUT2D eigenvalue weighted by molar-refractivity contribution is 5.75. The smallest absolute Gasteiger partial charge is 0.128 e. The summed E-state index contributed by atoms with van der Waals surface area (Å²) in [5.74, 6) is 1.43. The third-order valence-electron chi connectivity index (χ3n) is 8.36. The zero-order valence-corrected chi connectivity index (χ0v) is 24.6. The van der Waals surface area contributed by atoms with E-state index in [1.165, 1.54) is 33.4 Å². The molecule has 5 rings (SSSR count). The molecular formula is C33H41FN5O2-. The van der Waals surface area contributed by atoms with Crippen LogP contribution in [0.1, 0.15) is 53.5 Å². The number of nitrogens with one attached hydrogen (secondary N) is 1. The number of nitrogens with zero attached hydrogens (tertiary/aromatic N) is 4. The number of aryl methyl sites for hydroxylation is 3. The minimum absolute atomic E-state index is 0.124. The van der Waals surface area contributed by atoms with Crippen molar-refractivity contribution < 1.29 is 13.9 Å². The van der Waals surface area contributed by atoms with Gasteiger partial charge in [0.1, 0.15) is 11.6 Å². The SMILES string of the molecule is Cc1cc(OCCC2CCOCC2)cc(C)c1-c1cccc(CNc2ccc(CCC3[N-]N=NN3C)c(F)c2)c1C. The van der Waals surface area contributed by atoms with Gasteiger partial charge in [-0.15, -0.1) is 0 Å². The molecule has 2 heterocycles. The Balaban J connectivity index is 1.21. The van der Waals surface area contributed by atoms with E-state index in [-0.39, 0.29) is 12.0 Å². The molecule has 3 aromatic carbocycles. The lowest BCUT2D eigenvalue weighted by Crippen LogP contribution is -2.21. The van der Waals surface area contributed by atoms with Crippen molar-refractivity contribution in [2.75, 3.05) is 32.2 Å². The van der Waals surface area contributed by atoms with Crippen LogP contribution in [-0.2, 0) is 17.7 Å². The van der Waals surface area contributed by atoms with Gasteiger partial charge in [0.2, 0.25) is 0 Å². The topological polar surface area (TPSA) is 72.5 Å². The minimum atomic E-state index is -0.212. The lowest BCUT2D eigenvalue weighted by molar-refractivity contribution is 0.0593. The first-order valence-electron chi connectivity index (χ1n) is 14.7. The molecule has 8 heteroatoms. The molecule has 1 atom stereocenters. The Kier molecular flexibility index (Phi) is 9.39. The molecule has 3 aromatic rings. The Morgan fingerprint density at radius 2 is 1.80 bits per heavy atom. The van der Waals surface area contributed by atoms with Gasteiger partial charge in [-0.05, 0) is 122 Å². The van der Waals surface area contributed by atoms with Crippen molar-refractivity contribution in [3.05, 3.63) is 87.6 Å². The molecule has 0 aliphatic carbocycles. The average molecular weight is 559 g/mol. The highest BCUT2D eigenvalue weighted by atomic mass is 19.1. The second-order valence-corrected chi connectivity index (χ2v) is 11.3. The van der Waals surface area contributed by atoms with E-state index in [9.17, 15) is 4.39 Å². The van der Waals surface area contributed by atoms with E-state index in [1.807, 2.05) is 19.2 Å². The van der Waals surface area contributed by atoms with Crippen LogP contribution in [0.5, 0.6) is 5.75 Å². The van der Waals surface area contributed by atoms with Gasteiger partial charge in [0.15, 0.2) is 0 Å². The van der Waals surface area contributed by atoms with E-state index >= 15 is 0 Å². The summed E-state index contributed by atoms with van der Waals surface area (Å²) in [4.78, 5) is 0. The maximum absolute atomic E-state index is 14.9. The fraction of sp³-hybridized carbons (Fsp3) is 0.455. The summed E-state index contributed by atoms with van der Waals surface area (Å²) in [6.07, 6.45) is 4.46. The molecule has 1 saturated heterocycles. The monoisotopic (exact) mass is 558 g/mol. The Morgan fingerprint density at radius 1 is 1.02 bits per heavy atom. The highest BCUT2D eigenvalue weighted by Gasteiger charge is 2.16. The normalized spacial score (nSPS) is 17.1. The molecule has 7 nitrogen and oxygen atoms in total. The summed E-state index contributed by atoms with van der Waals surface area (Å²) in [5, 5.41) is 12.7. The van der Waals surface area contributed by atoms with Crippen LogP contribution in [0, 0.1) is 32.5 Å². The van der Waals surface area contributed by atoms with Crippen molar-refractivity contribution in [2.45, 2.75) is 65.6 Å². The van der Waals surface area contributed by atoms with Crippen molar-refractivity contribution in [3.63, 3.8) is 0 Å². The molecular weight excluding hydrogens is 517 g/mol. The summed E-state index contributed by atoms with van der Waals surface area (Å²) in [7, 11) is 1.83. The van der Waals surface area contributed by atoms with E-state index in [0.29, 0.717) is 30.9 Å². The highest BCUT2D eigenvalue weighted by Crippen LogP contribution is 2.35. The first kappa shape index (κ1) is 28.9. The number of anilines is 1. The summed E-state index contributed by atoms with van der Waals surface area (Å²) < 4.78 is 26.5. The molecule has 41 heavy (non-hydrogen) atoms. The Hall–Kier alpha value is -3.65. The van der Waals surface area contributed by atoms with Gasteiger partial charge in [-0.3, -0.25) is 10.4 Å². The lowest BCUT2D eigenvalue weighted by Gasteiger charge is -2.24. The number of halogens is 1. The molecule has 2 aliphatic rings. The second kappa shape index (κ2) is 13.3. The van der Waals surface area contributed by atoms with Gasteiger partial charge >= 0.3 is 0 Å². The van der Waals surface area contributed by atoms with Crippen molar-refractivity contribution in [1.82, 2.24) is 5.01 Å². The van der Waals surface area contributed by atoms with Gasteiger partial charge in [0, 0.05) is 38.7 Å². The van der Waals surface area contributed by atoms with E-state index in [4.69, 9.17) is 9.47 Å². The van der Waals surface area contributed by atoms with Crippen molar-refractivity contribution >= 4 is 5.69 Å². The van der Waals surface area contributed by atoms with Gasteiger partial charge in [0.25, 0.3) is 0 Å². The molecule has 0 radical (unpaired) electrons. The molecule has 0 saturated carbocycles. The van der Waals surface area contributed by atoms with E-state index in [1.54, 1.807) is 11.1 Å². The van der Waals surface area contributed by atoms with Crippen molar-refractivity contribution in [1.29, 1.82) is 0 Å². The minimum Gasteiger partial charge on any atom is -0.494 e. The average Bonchev–Trinajstić information content (AvgIpc) is 3.37. The number of rotatable bonds is 11. The zero-order valence-electron chi connectivity index (χ0n) is 24.6. The zero-order chi connectivity index (χ0) is 28.8. The molecule has 0 bridgehead atoms. The number of ether oxygens (including phenoxy) is 2. The molecule has 0 amide bonds. The molecule has 1 fully saturated rings. The molecule has 1 N–H and O–H groups in total. The molecule has 1 unspecified atom stereocenters. The predicted molar refractivity (Wildman–Crippen MR) is 162 cm³/mol. The van der Waals surface area contributed by atoms with Crippen LogP contribution in [0.4, 0.5) is 10.1 Å². The first-order chi connectivity index (χ1) is 19.9. The van der Waals surface area contributed by atoms with Crippen LogP contribution in [0.15, 0.2) is 59.0 Å². The fourth-order valence-electron chi connectivity index (χ4n) is 5.82. The number of benzene rings is 3. The van der Waals surface area contributed by atoms with Crippen molar-refractivity contribution in [2.24, 2.45) is 16.4 Å². The first-order valence-corrected chi connectivity index (χ1v) is 14.7. The maximum atomic E-state index is 14.9. The third kappa shape index (κ3) is 7.17. The fourth-order valence-corrected chi connectivity index (χ4v) is 5.82. The van der Waals surface area contributed by atoms with E-state index in [0.717, 1.165) is 50.5 Å².